The Balaban J connectivity index is 1.80. The van der Waals surface area contributed by atoms with Crippen molar-refractivity contribution in [2.45, 2.75) is 46.3 Å². The number of nitrogens with one attached hydrogen (secondary N) is 2. The van der Waals surface area contributed by atoms with Crippen molar-refractivity contribution < 1.29 is 9.84 Å². The number of ether oxygens (including phenoxy) is 1. The lowest BCUT2D eigenvalue weighted by atomic mass is 9.86. The van der Waals surface area contributed by atoms with Gasteiger partial charge in [0.15, 0.2) is 5.65 Å². The van der Waals surface area contributed by atoms with Crippen LogP contribution in [0.2, 0.25) is 5.02 Å². The van der Waals surface area contributed by atoms with Crippen molar-refractivity contribution >= 4 is 22.6 Å². The lowest BCUT2D eigenvalue weighted by Gasteiger charge is -2.23. The van der Waals surface area contributed by atoms with E-state index in [1.165, 1.54) is 0 Å². The molecule has 1 aromatic carbocycles. The third-order valence-corrected chi connectivity index (χ3v) is 5.00. The molecule has 0 radical (unpaired) electrons. The normalized spacial score (nSPS) is 11.9. The van der Waals surface area contributed by atoms with Crippen LogP contribution in [0.4, 0.5) is 0 Å². The van der Waals surface area contributed by atoms with Crippen LogP contribution >= 0.6 is 11.6 Å². The van der Waals surface area contributed by atoms with Crippen molar-refractivity contribution in [1.82, 2.24) is 20.5 Å². The summed E-state index contributed by atoms with van der Waals surface area (Å²) in [6.07, 6.45) is 0. The maximum absolute atomic E-state index is 8.85. The number of hydrogen-bond acceptors (Lipinski definition) is 5. The van der Waals surface area contributed by atoms with Gasteiger partial charge in [0.2, 0.25) is 0 Å². The molecular formula is C21H27ClN4O2. The number of fused-ring (bicyclic) bond motifs is 1. The Morgan fingerprint density at radius 2 is 2.04 bits per heavy atom. The molecule has 6 nitrogen and oxygen atoms in total. The Labute approximate surface area is 170 Å². The number of pyridine rings is 1. The van der Waals surface area contributed by atoms with Gasteiger partial charge >= 0.3 is 0 Å². The molecule has 0 fully saturated rings. The van der Waals surface area contributed by atoms with Crippen LogP contribution in [-0.4, -0.2) is 33.4 Å². The molecule has 2 heterocycles. The number of rotatable bonds is 7. The molecule has 0 unspecified atom stereocenters. The van der Waals surface area contributed by atoms with Crippen molar-refractivity contribution in [3.8, 4) is 5.75 Å². The molecule has 0 amide bonds. The fourth-order valence-electron chi connectivity index (χ4n) is 3.01. The molecule has 0 bridgehead atoms. The summed E-state index contributed by atoms with van der Waals surface area (Å²) >= 11 is 6.33. The third-order valence-electron chi connectivity index (χ3n) is 4.59. The highest BCUT2D eigenvalue weighted by Gasteiger charge is 2.21. The van der Waals surface area contributed by atoms with Gasteiger partial charge in [0.25, 0.3) is 0 Å². The van der Waals surface area contributed by atoms with E-state index in [0.717, 1.165) is 44.3 Å². The van der Waals surface area contributed by atoms with E-state index in [4.69, 9.17) is 21.4 Å². The van der Waals surface area contributed by atoms with Crippen LogP contribution in [-0.2, 0) is 18.6 Å². The maximum atomic E-state index is 8.85. The molecule has 3 aromatic rings. The zero-order valence-corrected chi connectivity index (χ0v) is 17.5. The summed E-state index contributed by atoms with van der Waals surface area (Å²) in [5.41, 5.74) is 4.39. The van der Waals surface area contributed by atoms with Gasteiger partial charge in [-0.1, -0.05) is 32.4 Å². The molecule has 0 aliphatic rings. The largest absolute Gasteiger partial charge is 0.487 e. The smallest absolute Gasteiger partial charge is 0.155 e. The molecule has 150 valence electrons. The summed E-state index contributed by atoms with van der Waals surface area (Å²) in [4.78, 5) is 4.57. The van der Waals surface area contributed by atoms with Gasteiger partial charge in [0.1, 0.15) is 18.1 Å². The van der Waals surface area contributed by atoms with Gasteiger partial charge in [-0.05, 0) is 42.2 Å². The lowest BCUT2D eigenvalue weighted by molar-refractivity contribution is 0.291. The highest BCUT2D eigenvalue weighted by molar-refractivity contribution is 6.31. The minimum atomic E-state index is -0.0850. The van der Waals surface area contributed by atoms with E-state index in [2.05, 4.69) is 41.3 Å². The zero-order valence-electron chi connectivity index (χ0n) is 16.8. The van der Waals surface area contributed by atoms with Crippen LogP contribution in [0, 0.1) is 6.92 Å². The van der Waals surface area contributed by atoms with E-state index >= 15 is 0 Å². The minimum Gasteiger partial charge on any atom is -0.487 e. The molecule has 2 aromatic heterocycles. The predicted octanol–water partition coefficient (Wildman–Crippen LogP) is 3.88. The van der Waals surface area contributed by atoms with Crippen molar-refractivity contribution in [2.24, 2.45) is 0 Å². The Morgan fingerprint density at radius 3 is 2.75 bits per heavy atom. The minimum absolute atomic E-state index is 0.0850. The van der Waals surface area contributed by atoms with Gasteiger partial charge in [-0.2, -0.15) is 5.10 Å². The number of nitrogens with zero attached hydrogens (tertiary/aromatic N) is 2. The van der Waals surface area contributed by atoms with Gasteiger partial charge in [-0.3, -0.25) is 5.10 Å². The molecule has 0 aliphatic heterocycles. The van der Waals surface area contributed by atoms with Crippen LogP contribution in [0.3, 0.4) is 0 Å². The van der Waals surface area contributed by atoms with E-state index in [1.54, 1.807) is 0 Å². The fraction of sp³-hybridized carbons (Fsp3) is 0.429. The number of aromatic amines is 1. The fourth-order valence-corrected chi connectivity index (χ4v) is 3.17. The number of aromatic nitrogens is 3. The summed E-state index contributed by atoms with van der Waals surface area (Å²) in [6.45, 7) is 9.98. The average Bonchev–Trinajstić information content (AvgIpc) is 3.04. The van der Waals surface area contributed by atoms with Crippen LogP contribution in [0.25, 0.3) is 11.0 Å². The number of benzene rings is 1. The molecule has 3 N–H and O–H groups in total. The van der Waals surface area contributed by atoms with E-state index in [1.807, 2.05) is 31.2 Å². The van der Waals surface area contributed by atoms with Crippen LogP contribution in [0.5, 0.6) is 5.75 Å². The number of halogens is 1. The first-order valence-electron chi connectivity index (χ1n) is 9.37. The predicted molar refractivity (Wildman–Crippen MR) is 112 cm³/mol. The van der Waals surface area contributed by atoms with Crippen molar-refractivity contribution in [3.05, 3.63) is 51.8 Å². The molecule has 0 spiro atoms. The van der Waals surface area contributed by atoms with Gasteiger partial charge in [-0.25, -0.2) is 4.98 Å². The molecule has 3 rings (SSSR count). The Kier molecular flexibility index (Phi) is 6.23. The van der Waals surface area contributed by atoms with Crippen molar-refractivity contribution in [1.29, 1.82) is 0 Å². The van der Waals surface area contributed by atoms with E-state index in [-0.39, 0.29) is 12.0 Å². The summed E-state index contributed by atoms with van der Waals surface area (Å²) in [5, 5.41) is 21.0. The van der Waals surface area contributed by atoms with Gasteiger partial charge in [-0.15, -0.1) is 0 Å². The molecule has 28 heavy (non-hydrogen) atoms. The first-order valence-corrected chi connectivity index (χ1v) is 9.75. The maximum Gasteiger partial charge on any atom is 0.155 e. The van der Waals surface area contributed by atoms with Crippen LogP contribution in [0.1, 0.15) is 43.3 Å². The molecule has 0 saturated carbocycles. The highest BCUT2D eigenvalue weighted by Crippen LogP contribution is 2.36. The zero-order chi connectivity index (χ0) is 20.3. The topological polar surface area (TPSA) is 83.1 Å². The molecule has 7 heteroatoms. The number of hydrogen-bond donors (Lipinski definition) is 3. The van der Waals surface area contributed by atoms with Crippen molar-refractivity contribution in [3.63, 3.8) is 0 Å². The Bertz CT molecular complexity index is 963. The quantitative estimate of drug-likeness (QED) is 0.522. The van der Waals surface area contributed by atoms with Gasteiger partial charge < -0.3 is 15.2 Å². The molecular weight excluding hydrogens is 376 g/mol. The van der Waals surface area contributed by atoms with Crippen LogP contribution < -0.4 is 10.1 Å². The third kappa shape index (κ3) is 4.63. The Morgan fingerprint density at radius 1 is 1.25 bits per heavy atom. The average molecular weight is 403 g/mol. The number of aryl methyl sites for hydroxylation is 1. The molecule has 0 saturated heterocycles. The highest BCUT2D eigenvalue weighted by atomic mass is 35.5. The summed E-state index contributed by atoms with van der Waals surface area (Å²) in [7, 11) is 0. The number of aliphatic hydroxyl groups excluding tert-OH is 1. The number of aliphatic hydroxyl groups is 1. The van der Waals surface area contributed by atoms with Crippen LogP contribution in [0.15, 0.2) is 24.3 Å². The van der Waals surface area contributed by atoms with E-state index < -0.39 is 0 Å². The first-order chi connectivity index (χ1) is 13.3. The Hall–Kier alpha value is -2.15. The van der Waals surface area contributed by atoms with Gasteiger partial charge in [0.05, 0.1) is 12.3 Å². The molecule has 0 atom stereocenters. The SMILES string of the molecule is Cc1cc(OCc2n[nH]c3nc(CNCCO)ccc23)c(C(C)(C)C)cc1Cl. The monoisotopic (exact) mass is 402 g/mol. The lowest BCUT2D eigenvalue weighted by Crippen LogP contribution is -2.18. The second kappa shape index (κ2) is 8.47. The second-order valence-electron chi connectivity index (χ2n) is 7.91. The van der Waals surface area contributed by atoms with E-state index in [0.29, 0.717) is 19.7 Å². The first kappa shape index (κ1) is 20.6. The van der Waals surface area contributed by atoms with Gasteiger partial charge in [0, 0.05) is 29.1 Å². The summed E-state index contributed by atoms with van der Waals surface area (Å²) < 4.78 is 6.15. The van der Waals surface area contributed by atoms with Crippen molar-refractivity contribution in [2.75, 3.05) is 13.2 Å². The molecule has 0 aliphatic carbocycles. The summed E-state index contributed by atoms with van der Waals surface area (Å²) in [5.74, 6) is 0.823. The second-order valence-corrected chi connectivity index (χ2v) is 8.31. The standard InChI is InChI=1S/C21H27ClN4O2/c1-13-9-19(16(10-17(13)22)21(2,3)4)28-12-18-15-6-5-14(11-23-7-8-27)24-20(15)26-25-18/h5-6,9-10,23,27H,7-8,11-12H2,1-4H3,(H,24,25,26). The summed E-state index contributed by atoms with van der Waals surface area (Å²) in [6, 6.07) is 7.93. The number of H-pyrrole nitrogens is 1. The van der Waals surface area contributed by atoms with E-state index in [9.17, 15) is 0 Å².